The molecule has 0 saturated heterocycles. The molecule has 0 aromatic carbocycles. The van der Waals surface area contributed by atoms with Gasteiger partial charge >= 0.3 is 36.9 Å². The van der Waals surface area contributed by atoms with E-state index in [2.05, 4.69) is 9.31 Å². The van der Waals surface area contributed by atoms with Crippen molar-refractivity contribution in [3.8, 4) is 0 Å². The molecule has 3 nitrogen and oxygen atoms in total. The molecule has 0 atom stereocenters. The summed E-state index contributed by atoms with van der Waals surface area (Å²) in [7, 11) is -1.29. The second-order valence-electron chi connectivity index (χ2n) is 1.20. The molecule has 0 spiro atoms. The molecule has 0 aromatic rings. The van der Waals surface area contributed by atoms with Crippen LogP contribution in [0.25, 0.3) is 0 Å². The van der Waals surface area contributed by atoms with Gasteiger partial charge in [0.05, 0.1) is 0 Å². The number of hydrogen-bond acceptors (Lipinski definition) is 3. The zero-order valence-electron chi connectivity index (χ0n) is 6.22. The minimum Gasteiger partial charge on any atom is -0.832 e. The smallest absolute Gasteiger partial charge is 0.832 e. The second-order valence-corrected chi connectivity index (χ2v) is 1.20. The van der Waals surface area contributed by atoms with E-state index in [0.717, 1.165) is 0 Å². The van der Waals surface area contributed by atoms with Gasteiger partial charge in [0, 0.05) is 13.2 Å². The van der Waals surface area contributed by atoms with Crippen LogP contribution in [0.4, 0.5) is 0 Å². The summed E-state index contributed by atoms with van der Waals surface area (Å²) in [6, 6.07) is 0. The first-order valence-electron chi connectivity index (χ1n) is 2.70. The topological polar surface area (TPSA) is 41.5 Å². The van der Waals surface area contributed by atoms with E-state index >= 15 is 0 Å². The van der Waals surface area contributed by atoms with Crippen LogP contribution in [-0.2, 0) is 9.31 Å². The van der Waals surface area contributed by atoms with E-state index in [-0.39, 0.29) is 29.6 Å². The van der Waals surface area contributed by atoms with Crippen LogP contribution in [0.1, 0.15) is 13.8 Å². The van der Waals surface area contributed by atoms with Crippen LogP contribution in [0.5, 0.6) is 0 Å². The molecule has 0 bridgehead atoms. The molecule has 0 radical (unpaired) electrons. The van der Waals surface area contributed by atoms with Crippen LogP contribution >= 0.6 is 0 Å². The molecule has 0 aliphatic rings. The number of rotatable bonds is 4. The van der Waals surface area contributed by atoms with Crippen molar-refractivity contribution in [2.45, 2.75) is 13.8 Å². The molecule has 0 heterocycles. The predicted molar refractivity (Wildman–Crippen MR) is 29.0 cm³/mol. The fourth-order valence-corrected chi connectivity index (χ4v) is 0.320. The Morgan fingerprint density at radius 3 is 1.78 bits per heavy atom. The Labute approximate surface area is 78.2 Å². The van der Waals surface area contributed by atoms with Gasteiger partial charge in [0.15, 0.2) is 0 Å². The van der Waals surface area contributed by atoms with Gasteiger partial charge in [-0.25, -0.2) is 0 Å². The maximum absolute atomic E-state index is 10.3. The summed E-state index contributed by atoms with van der Waals surface area (Å²) in [6.45, 7) is 4.33. The average Bonchev–Trinajstić information content (AvgIpc) is 1.68. The van der Waals surface area contributed by atoms with Gasteiger partial charge in [0.2, 0.25) is 0 Å². The Hall–Kier alpha value is 0.945. The normalized spacial score (nSPS) is 8.33. The molecule has 48 valence electrons. The molecular weight excluding hydrogens is 130 g/mol. The fraction of sp³-hybridized carbons (Fsp3) is 1.00. The van der Waals surface area contributed by atoms with Gasteiger partial charge in [-0.1, -0.05) is 0 Å². The van der Waals surface area contributed by atoms with E-state index in [4.69, 9.17) is 0 Å². The Morgan fingerprint density at radius 1 is 1.22 bits per heavy atom. The van der Waals surface area contributed by atoms with Crippen molar-refractivity contribution in [1.82, 2.24) is 0 Å². The van der Waals surface area contributed by atoms with E-state index in [0.29, 0.717) is 13.2 Å². The Bertz CT molecular complexity index is 49.1. The third-order valence-electron chi connectivity index (χ3n) is 0.605. The molecule has 0 aromatic heterocycles. The largest absolute Gasteiger partial charge is 1.00 e. The first kappa shape index (κ1) is 12.6. The van der Waals surface area contributed by atoms with E-state index in [1.54, 1.807) is 13.8 Å². The zero-order valence-corrected chi connectivity index (χ0v) is 8.22. The van der Waals surface area contributed by atoms with Crippen LogP contribution in [0.2, 0.25) is 0 Å². The summed E-state index contributed by atoms with van der Waals surface area (Å²) in [6.07, 6.45) is 0. The van der Waals surface area contributed by atoms with Crippen molar-refractivity contribution < 1.29 is 43.9 Å². The molecule has 0 aliphatic carbocycles. The standard InChI is InChI=1S/C4H10BO3.Na/c1-3-7-5(6)8-4-2;/h3-4H2,1-2H3;/q-1;+1. The molecular formula is C4H10BNaO3. The Balaban J connectivity index is 0. The molecule has 0 amide bonds. The summed E-state index contributed by atoms with van der Waals surface area (Å²) >= 11 is 0. The molecule has 5 heteroatoms. The van der Waals surface area contributed by atoms with Gasteiger partial charge in [-0.2, -0.15) is 0 Å². The minimum atomic E-state index is -1.29. The van der Waals surface area contributed by atoms with Crippen LogP contribution in [0.3, 0.4) is 0 Å². The maximum Gasteiger partial charge on any atom is 1.00 e. The Kier molecular flexibility index (Phi) is 12.5. The van der Waals surface area contributed by atoms with Crippen LogP contribution in [0, 0.1) is 0 Å². The van der Waals surface area contributed by atoms with Gasteiger partial charge < -0.3 is 14.3 Å². The van der Waals surface area contributed by atoms with Gasteiger partial charge in [-0.05, 0) is 13.8 Å². The van der Waals surface area contributed by atoms with E-state index in [9.17, 15) is 5.02 Å². The Morgan fingerprint density at radius 2 is 1.56 bits per heavy atom. The summed E-state index contributed by atoms with van der Waals surface area (Å²) < 4.78 is 9.01. The minimum absolute atomic E-state index is 0. The second kappa shape index (κ2) is 8.94. The van der Waals surface area contributed by atoms with Crippen LogP contribution in [-0.4, -0.2) is 20.5 Å². The fourth-order valence-electron chi connectivity index (χ4n) is 0.320. The summed E-state index contributed by atoms with van der Waals surface area (Å²) in [5.74, 6) is 0. The van der Waals surface area contributed by atoms with Gasteiger partial charge in [-0.3, -0.25) is 0 Å². The molecule has 0 rings (SSSR count). The van der Waals surface area contributed by atoms with Crippen molar-refractivity contribution in [2.75, 3.05) is 13.2 Å². The van der Waals surface area contributed by atoms with E-state index in [1.807, 2.05) is 0 Å². The van der Waals surface area contributed by atoms with Crippen LogP contribution < -0.4 is 34.6 Å². The summed E-state index contributed by atoms with van der Waals surface area (Å²) in [5.41, 5.74) is 0. The van der Waals surface area contributed by atoms with E-state index < -0.39 is 7.32 Å². The first-order valence-corrected chi connectivity index (χ1v) is 2.70. The SMILES string of the molecule is CCOB([O-])OCC.[Na+]. The zero-order chi connectivity index (χ0) is 6.41. The third-order valence-corrected chi connectivity index (χ3v) is 0.605. The van der Waals surface area contributed by atoms with Crippen molar-refractivity contribution in [1.29, 1.82) is 0 Å². The van der Waals surface area contributed by atoms with Crippen molar-refractivity contribution in [3.05, 3.63) is 0 Å². The van der Waals surface area contributed by atoms with Crippen molar-refractivity contribution in [2.24, 2.45) is 0 Å². The van der Waals surface area contributed by atoms with Crippen molar-refractivity contribution in [3.63, 3.8) is 0 Å². The molecule has 0 aliphatic heterocycles. The van der Waals surface area contributed by atoms with Crippen molar-refractivity contribution >= 4 is 7.32 Å². The summed E-state index contributed by atoms with van der Waals surface area (Å²) in [5, 5.41) is 10.3. The first-order chi connectivity index (χ1) is 3.81. The third kappa shape index (κ3) is 8.94. The average molecular weight is 140 g/mol. The van der Waals surface area contributed by atoms with Crippen LogP contribution in [0.15, 0.2) is 0 Å². The molecule has 0 unspecified atom stereocenters. The monoisotopic (exact) mass is 140 g/mol. The summed E-state index contributed by atoms with van der Waals surface area (Å²) in [4.78, 5) is 0. The van der Waals surface area contributed by atoms with Gasteiger partial charge in [0.25, 0.3) is 0 Å². The number of hydrogen-bond donors (Lipinski definition) is 0. The maximum atomic E-state index is 10.3. The van der Waals surface area contributed by atoms with Gasteiger partial charge in [0.1, 0.15) is 0 Å². The molecule has 0 saturated carbocycles. The van der Waals surface area contributed by atoms with Gasteiger partial charge in [-0.15, -0.1) is 0 Å². The molecule has 0 N–H and O–H groups in total. The van der Waals surface area contributed by atoms with E-state index in [1.165, 1.54) is 0 Å². The molecule has 9 heavy (non-hydrogen) atoms. The molecule has 0 fully saturated rings. The quantitative estimate of drug-likeness (QED) is 0.379. The predicted octanol–water partition coefficient (Wildman–Crippen LogP) is -3.59.